The molecule has 0 radical (unpaired) electrons. The van der Waals surface area contributed by atoms with Crippen LogP contribution >= 0.6 is 0 Å². The molecule has 1 aliphatic rings. The summed E-state index contributed by atoms with van der Waals surface area (Å²) in [5.41, 5.74) is 1.40. The van der Waals surface area contributed by atoms with E-state index in [4.69, 9.17) is 0 Å². The molecular weight excluding hydrogens is 352 g/mol. The predicted octanol–water partition coefficient (Wildman–Crippen LogP) is 3.34. The lowest BCUT2D eigenvalue weighted by Crippen LogP contribution is -2.40. The number of aromatic nitrogens is 5. The smallest absolute Gasteiger partial charge is 0.257 e. The van der Waals surface area contributed by atoms with Crippen LogP contribution in [0.1, 0.15) is 54.8 Å². The van der Waals surface area contributed by atoms with Crippen LogP contribution in [0.2, 0.25) is 0 Å². The second kappa shape index (κ2) is 7.88. The van der Waals surface area contributed by atoms with E-state index in [1.54, 1.807) is 24.8 Å². The number of carbonyl (C=O) groups is 1. The highest BCUT2D eigenvalue weighted by molar-refractivity contribution is 5.93. The number of carbonyl (C=O) groups excluding carboxylic acids is 1. The van der Waals surface area contributed by atoms with E-state index < -0.39 is 0 Å². The molecular formula is C21H24N6O. The number of likely N-dealkylation sites (tertiary alicyclic amines) is 1. The van der Waals surface area contributed by atoms with Crippen molar-refractivity contribution in [2.75, 3.05) is 13.1 Å². The number of hydrogen-bond donors (Lipinski definition) is 0. The van der Waals surface area contributed by atoms with Gasteiger partial charge in [-0.1, -0.05) is 0 Å². The van der Waals surface area contributed by atoms with Crippen molar-refractivity contribution in [3.8, 4) is 11.4 Å². The van der Waals surface area contributed by atoms with Crippen molar-refractivity contribution in [3.63, 3.8) is 0 Å². The molecule has 3 aromatic rings. The third-order valence-corrected chi connectivity index (χ3v) is 5.17. The Kier molecular flexibility index (Phi) is 5.14. The van der Waals surface area contributed by atoms with Gasteiger partial charge >= 0.3 is 0 Å². The van der Waals surface area contributed by atoms with Crippen LogP contribution in [-0.2, 0) is 0 Å². The molecule has 1 aliphatic heterocycles. The van der Waals surface area contributed by atoms with Crippen LogP contribution in [0.3, 0.4) is 0 Å². The molecule has 1 saturated heterocycles. The van der Waals surface area contributed by atoms with Gasteiger partial charge in [0.1, 0.15) is 5.82 Å². The Morgan fingerprint density at radius 2 is 1.86 bits per heavy atom. The Balaban J connectivity index is 1.49. The molecule has 0 saturated carbocycles. The van der Waals surface area contributed by atoms with Gasteiger partial charge < -0.3 is 9.47 Å². The molecule has 1 fully saturated rings. The van der Waals surface area contributed by atoms with Crippen LogP contribution in [0, 0.1) is 0 Å². The number of hydrogen-bond acceptors (Lipinski definition) is 5. The molecule has 7 nitrogen and oxygen atoms in total. The van der Waals surface area contributed by atoms with E-state index in [2.05, 4.69) is 38.4 Å². The molecule has 4 rings (SSSR count). The average Bonchev–Trinajstić information content (AvgIpc) is 3.24. The second-order valence-corrected chi connectivity index (χ2v) is 7.41. The Morgan fingerprint density at radius 1 is 1.11 bits per heavy atom. The fourth-order valence-corrected chi connectivity index (χ4v) is 3.72. The summed E-state index contributed by atoms with van der Waals surface area (Å²) in [5, 5.41) is 0. The van der Waals surface area contributed by atoms with E-state index in [1.807, 2.05) is 29.4 Å². The summed E-state index contributed by atoms with van der Waals surface area (Å²) < 4.78 is 2.20. The summed E-state index contributed by atoms with van der Waals surface area (Å²) >= 11 is 0. The Hall–Kier alpha value is -3.09. The standard InChI is InChI=1S/C21H24N6O/c1-15(2)27-11-9-23-20(27)17-4-3-10-26(14-17)21(28)18-12-24-19(25-13-18)16-5-7-22-8-6-16/h5-9,11-13,15,17H,3-4,10,14H2,1-2H3. The number of amides is 1. The molecule has 0 spiro atoms. The molecule has 4 heterocycles. The maximum Gasteiger partial charge on any atom is 0.257 e. The van der Waals surface area contributed by atoms with E-state index in [0.717, 1.165) is 30.8 Å². The van der Waals surface area contributed by atoms with Crippen molar-refractivity contribution >= 4 is 5.91 Å². The average molecular weight is 376 g/mol. The van der Waals surface area contributed by atoms with Gasteiger partial charge in [0.2, 0.25) is 0 Å². The molecule has 0 aliphatic carbocycles. The molecule has 1 atom stereocenters. The third kappa shape index (κ3) is 3.65. The largest absolute Gasteiger partial charge is 0.338 e. The van der Waals surface area contributed by atoms with Gasteiger partial charge in [0.15, 0.2) is 5.82 Å². The zero-order valence-corrected chi connectivity index (χ0v) is 16.2. The highest BCUT2D eigenvalue weighted by Gasteiger charge is 2.28. The SMILES string of the molecule is CC(C)n1ccnc1C1CCCN(C(=O)c2cnc(-c3ccncc3)nc2)C1. The topological polar surface area (TPSA) is 76.8 Å². The molecule has 1 amide bonds. The van der Waals surface area contributed by atoms with Crippen molar-refractivity contribution < 1.29 is 4.79 Å². The summed E-state index contributed by atoms with van der Waals surface area (Å²) in [6.45, 7) is 5.73. The lowest BCUT2D eigenvalue weighted by Gasteiger charge is -2.33. The minimum absolute atomic E-state index is 0.0198. The molecule has 1 unspecified atom stereocenters. The molecule has 0 bridgehead atoms. The van der Waals surface area contributed by atoms with Gasteiger partial charge in [-0.2, -0.15) is 0 Å². The van der Waals surface area contributed by atoms with E-state index in [1.165, 1.54) is 0 Å². The molecule has 7 heteroatoms. The lowest BCUT2D eigenvalue weighted by molar-refractivity contribution is 0.0702. The van der Waals surface area contributed by atoms with Gasteiger partial charge in [0.05, 0.1) is 5.56 Å². The van der Waals surface area contributed by atoms with E-state index >= 15 is 0 Å². The van der Waals surface area contributed by atoms with Crippen molar-refractivity contribution in [2.45, 2.75) is 38.6 Å². The van der Waals surface area contributed by atoms with Crippen molar-refractivity contribution in [1.29, 1.82) is 0 Å². The quantitative estimate of drug-likeness (QED) is 0.698. The maximum atomic E-state index is 13.0. The summed E-state index contributed by atoms with van der Waals surface area (Å²) in [4.78, 5) is 32.2. The fraction of sp³-hybridized carbons (Fsp3) is 0.381. The first-order valence-corrected chi connectivity index (χ1v) is 9.68. The zero-order valence-electron chi connectivity index (χ0n) is 16.2. The Bertz CT molecular complexity index is 935. The van der Waals surface area contributed by atoms with Crippen LogP contribution < -0.4 is 0 Å². The van der Waals surface area contributed by atoms with Crippen molar-refractivity contribution in [3.05, 3.63) is 60.7 Å². The summed E-state index contributed by atoms with van der Waals surface area (Å²) in [5.74, 6) is 1.90. The Labute approximate surface area is 164 Å². The number of pyridine rings is 1. The van der Waals surface area contributed by atoms with Gasteiger partial charge in [0.25, 0.3) is 5.91 Å². The van der Waals surface area contributed by atoms with Crippen LogP contribution in [0.25, 0.3) is 11.4 Å². The van der Waals surface area contributed by atoms with Crippen LogP contribution in [0.4, 0.5) is 0 Å². The van der Waals surface area contributed by atoms with Crippen molar-refractivity contribution in [2.24, 2.45) is 0 Å². The minimum Gasteiger partial charge on any atom is -0.338 e. The van der Waals surface area contributed by atoms with Gasteiger partial charge in [-0.25, -0.2) is 15.0 Å². The molecule has 28 heavy (non-hydrogen) atoms. The number of imidazole rings is 1. The molecule has 0 aromatic carbocycles. The highest BCUT2D eigenvalue weighted by atomic mass is 16.2. The van der Waals surface area contributed by atoms with Gasteiger partial charge in [-0.15, -0.1) is 0 Å². The van der Waals surface area contributed by atoms with Crippen molar-refractivity contribution in [1.82, 2.24) is 29.4 Å². The first-order valence-electron chi connectivity index (χ1n) is 9.68. The lowest BCUT2D eigenvalue weighted by atomic mass is 9.96. The van der Waals surface area contributed by atoms with Gasteiger partial charge in [-0.05, 0) is 38.8 Å². The van der Waals surface area contributed by atoms with Gasteiger partial charge in [0, 0.05) is 67.8 Å². The monoisotopic (exact) mass is 376 g/mol. The first-order chi connectivity index (χ1) is 13.6. The van der Waals surface area contributed by atoms with Crippen LogP contribution in [-0.4, -0.2) is 48.4 Å². The van der Waals surface area contributed by atoms with Gasteiger partial charge in [-0.3, -0.25) is 9.78 Å². The van der Waals surface area contributed by atoms with E-state index in [-0.39, 0.29) is 11.8 Å². The first kappa shape index (κ1) is 18.3. The summed E-state index contributed by atoms with van der Waals surface area (Å²) in [7, 11) is 0. The summed E-state index contributed by atoms with van der Waals surface area (Å²) in [6.07, 6.45) is 12.5. The minimum atomic E-state index is -0.0198. The summed E-state index contributed by atoms with van der Waals surface area (Å²) in [6, 6.07) is 4.06. The van der Waals surface area contributed by atoms with E-state index in [9.17, 15) is 4.79 Å². The van der Waals surface area contributed by atoms with Crippen LogP contribution in [0.5, 0.6) is 0 Å². The number of piperidine rings is 1. The van der Waals surface area contributed by atoms with E-state index in [0.29, 0.717) is 24.0 Å². The van der Waals surface area contributed by atoms with Crippen LogP contribution in [0.15, 0.2) is 49.3 Å². The second-order valence-electron chi connectivity index (χ2n) is 7.41. The zero-order chi connectivity index (χ0) is 19.5. The normalized spacial score (nSPS) is 17.1. The predicted molar refractivity (Wildman–Crippen MR) is 106 cm³/mol. The highest BCUT2D eigenvalue weighted by Crippen LogP contribution is 2.28. The number of rotatable bonds is 4. The Morgan fingerprint density at radius 3 is 2.57 bits per heavy atom. The molecule has 3 aromatic heterocycles. The maximum absolute atomic E-state index is 13.0. The molecule has 144 valence electrons. The number of nitrogens with zero attached hydrogens (tertiary/aromatic N) is 6. The fourth-order valence-electron chi connectivity index (χ4n) is 3.72. The molecule has 0 N–H and O–H groups in total. The third-order valence-electron chi connectivity index (χ3n) is 5.17.